The number of aryl methyl sites for hydroxylation is 1. The Kier molecular flexibility index (Phi) is 4.93. The van der Waals surface area contributed by atoms with E-state index in [2.05, 4.69) is 25.3 Å². The van der Waals surface area contributed by atoms with E-state index in [1.165, 1.54) is 0 Å². The van der Waals surface area contributed by atoms with Crippen molar-refractivity contribution in [3.8, 4) is 0 Å². The minimum Gasteiger partial charge on any atom is -0.355 e. The topological polar surface area (TPSA) is 79.2 Å². The Hall–Kier alpha value is -2.64. The number of carbonyl (C=O) groups excluding carboxylic acids is 1. The second-order valence-corrected chi connectivity index (χ2v) is 6.10. The van der Waals surface area contributed by atoms with Crippen molar-refractivity contribution in [3.05, 3.63) is 36.5 Å². The summed E-state index contributed by atoms with van der Waals surface area (Å²) in [5.74, 6) is 1.09. The molecule has 1 fully saturated rings. The predicted octanol–water partition coefficient (Wildman–Crippen LogP) is 1.02. The van der Waals surface area contributed by atoms with Gasteiger partial charge in [-0.15, -0.1) is 0 Å². The summed E-state index contributed by atoms with van der Waals surface area (Å²) >= 11 is 0. The van der Waals surface area contributed by atoms with Crippen molar-refractivity contribution >= 4 is 11.8 Å². The van der Waals surface area contributed by atoms with E-state index in [1.54, 1.807) is 36.7 Å². The highest BCUT2D eigenvalue weighted by molar-refractivity contribution is 5.74. The van der Waals surface area contributed by atoms with Crippen molar-refractivity contribution in [2.45, 2.75) is 25.4 Å². The van der Waals surface area contributed by atoms with Crippen LogP contribution in [0.5, 0.6) is 0 Å². The number of carbonyl (C=O) groups is 1. The molecule has 0 saturated carbocycles. The smallest absolute Gasteiger partial charge is 0.317 e. The fraction of sp³-hybridized carbons (Fsp3) is 0.500. The maximum Gasteiger partial charge on any atom is 0.317 e. The molecule has 3 rings (SSSR count). The Balaban J connectivity index is 1.55. The third kappa shape index (κ3) is 3.81. The van der Waals surface area contributed by atoms with Gasteiger partial charge in [0.15, 0.2) is 0 Å². The van der Waals surface area contributed by atoms with Gasteiger partial charge in [-0.25, -0.2) is 4.79 Å². The van der Waals surface area contributed by atoms with Crippen molar-refractivity contribution in [1.29, 1.82) is 0 Å². The van der Waals surface area contributed by atoms with Crippen LogP contribution in [0.1, 0.15) is 18.5 Å². The SMILES string of the molecule is CN(Cc1cnccn1)C(=O)N[C@H]1CCCN(c2ccnn2C)C1. The first-order valence-corrected chi connectivity index (χ1v) is 8.13. The van der Waals surface area contributed by atoms with Crippen molar-refractivity contribution in [3.63, 3.8) is 0 Å². The van der Waals surface area contributed by atoms with E-state index in [0.717, 1.165) is 37.4 Å². The molecule has 1 aliphatic rings. The highest BCUT2D eigenvalue weighted by Gasteiger charge is 2.24. The van der Waals surface area contributed by atoms with E-state index in [0.29, 0.717) is 6.54 Å². The summed E-state index contributed by atoms with van der Waals surface area (Å²) in [6.07, 6.45) is 8.76. The van der Waals surface area contributed by atoms with Gasteiger partial charge in [-0.2, -0.15) is 5.10 Å². The second kappa shape index (κ2) is 7.29. The normalized spacial score (nSPS) is 17.6. The molecule has 8 heteroatoms. The minimum atomic E-state index is -0.0856. The first-order valence-electron chi connectivity index (χ1n) is 8.13. The van der Waals surface area contributed by atoms with Gasteiger partial charge in [0.25, 0.3) is 0 Å². The Morgan fingerprint density at radius 2 is 2.29 bits per heavy atom. The van der Waals surface area contributed by atoms with Gasteiger partial charge >= 0.3 is 6.03 Å². The third-order valence-corrected chi connectivity index (χ3v) is 4.23. The Bertz CT molecular complexity index is 672. The number of aromatic nitrogens is 4. The van der Waals surface area contributed by atoms with Gasteiger partial charge in [0.1, 0.15) is 5.82 Å². The van der Waals surface area contributed by atoms with Gasteiger partial charge in [-0.1, -0.05) is 0 Å². The Morgan fingerprint density at radius 3 is 3.00 bits per heavy atom. The molecule has 1 atom stereocenters. The molecule has 128 valence electrons. The summed E-state index contributed by atoms with van der Waals surface area (Å²) < 4.78 is 1.87. The van der Waals surface area contributed by atoms with E-state index in [4.69, 9.17) is 0 Å². The highest BCUT2D eigenvalue weighted by atomic mass is 16.2. The summed E-state index contributed by atoms with van der Waals surface area (Å²) in [6.45, 7) is 2.23. The first kappa shape index (κ1) is 16.2. The maximum absolute atomic E-state index is 12.4. The molecule has 1 aliphatic heterocycles. The monoisotopic (exact) mass is 329 g/mol. The largest absolute Gasteiger partial charge is 0.355 e. The fourth-order valence-corrected chi connectivity index (χ4v) is 2.99. The molecule has 0 bridgehead atoms. The van der Waals surface area contributed by atoms with Crippen molar-refractivity contribution in [2.75, 3.05) is 25.0 Å². The number of nitrogens with one attached hydrogen (secondary N) is 1. The average Bonchev–Trinajstić information content (AvgIpc) is 3.02. The lowest BCUT2D eigenvalue weighted by molar-refractivity contribution is 0.200. The number of rotatable bonds is 4. The summed E-state index contributed by atoms with van der Waals surface area (Å²) in [4.78, 5) is 24.5. The van der Waals surface area contributed by atoms with E-state index in [9.17, 15) is 4.79 Å². The number of hydrogen-bond donors (Lipinski definition) is 1. The fourth-order valence-electron chi connectivity index (χ4n) is 2.99. The van der Waals surface area contributed by atoms with E-state index >= 15 is 0 Å². The Labute approximate surface area is 141 Å². The number of anilines is 1. The highest BCUT2D eigenvalue weighted by Crippen LogP contribution is 2.19. The molecule has 0 aliphatic carbocycles. The van der Waals surface area contributed by atoms with Crippen LogP contribution in [0.15, 0.2) is 30.9 Å². The van der Waals surface area contributed by atoms with Gasteiger partial charge in [0, 0.05) is 51.7 Å². The van der Waals surface area contributed by atoms with Crippen LogP contribution in [-0.4, -0.2) is 56.9 Å². The van der Waals surface area contributed by atoms with Crippen LogP contribution < -0.4 is 10.2 Å². The molecule has 24 heavy (non-hydrogen) atoms. The average molecular weight is 329 g/mol. The van der Waals surface area contributed by atoms with Crippen LogP contribution in [0, 0.1) is 0 Å². The molecule has 2 aromatic heterocycles. The first-order chi connectivity index (χ1) is 11.6. The van der Waals surface area contributed by atoms with Crippen LogP contribution in [0.2, 0.25) is 0 Å². The molecule has 0 aromatic carbocycles. The molecule has 2 amide bonds. The van der Waals surface area contributed by atoms with Crippen LogP contribution in [0.3, 0.4) is 0 Å². The number of amides is 2. The zero-order valence-electron chi connectivity index (χ0n) is 14.1. The summed E-state index contributed by atoms with van der Waals surface area (Å²) in [7, 11) is 3.71. The molecule has 3 heterocycles. The molecule has 1 saturated heterocycles. The molecule has 2 aromatic rings. The minimum absolute atomic E-state index is 0.0856. The van der Waals surface area contributed by atoms with Crippen LogP contribution >= 0.6 is 0 Å². The summed E-state index contributed by atoms with van der Waals surface area (Å²) in [5, 5.41) is 7.34. The van der Waals surface area contributed by atoms with E-state index in [-0.39, 0.29) is 12.1 Å². The van der Waals surface area contributed by atoms with Crippen molar-refractivity contribution in [1.82, 2.24) is 30.0 Å². The number of hydrogen-bond acceptors (Lipinski definition) is 5. The standard InChI is InChI=1S/C16H23N7O/c1-21(11-14-10-17-7-8-18-14)16(24)20-13-4-3-9-23(12-13)15-5-6-19-22(15)2/h5-8,10,13H,3-4,9,11-12H2,1-2H3,(H,20,24)/t13-/m0/s1. The van der Waals surface area contributed by atoms with Gasteiger partial charge in [-0.05, 0) is 12.8 Å². The molecular weight excluding hydrogens is 306 g/mol. The molecular formula is C16H23N7O. The lowest BCUT2D eigenvalue weighted by Gasteiger charge is -2.35. The number of nitrogens with zero attached hydrogens (tertiary/aromatic N) is 6. The zero-order chi connectivity index (χ0) is 16.9. The van der Waals surface area contributed by atoms with Gasteiger partial charge < -0.3 is 15.1 Å². The predicted molar refractivity (Wildman–Crippen MR) is 90.5 cm³/mol. The Morgan fingerprint density at radius 1 is 1.42 bits per heavy atom. The number of piperidine rings is 1. The van der Waals surface area contributed by atoms with Crippen LogP contribution in [-0.2, 0) is 13.6 Å². The van der Waals surface area contributed by atoms with Crippen LogP contribution in [0.25, 0.3) is 0 Å². The lowest BCUT2D eigenvalue weighted by Crippen LogP contribution is -2.51. The zero-order valence-corrected chi connectivity index (χ0v) is 14.1. The molecule has 1 N–H and O–H groups in total. The van der Waals surface area contributed by atoms with E-state index < -0.39 is 0 Å². The van der Waals surface area contributed by atoms with Gasteiger partial charge in [0.05, 0.1) is 24.6 Å². The maximum atomic E-state index is 12.4. The van der Waals surface area contributed by atoms with Crippen LogP contribution in [0.4, 0.5) is 10.6 Å². The second-order valence-electron chi connectivity index (χ2n) is 6.10. The summed E-state index contributed by atoms with van der Waals surface area (Å²) in [6, 6.07) is 2.05. The van der Waals surface area contributed by atoms with Gasteiger partial charge in [-0.3, -0.25) is 14.6 Å². The summed E-state index contributed by atoms with van der Waals surface area (Å²) in [5.41, 5.74) is 0.773. The van der Waals surface area contributed by atoms with Gasteiger partial charge in [0.2, 0.25) is 0 Å². The number of urea groups is 1. The molecule has 8 nitrogen and oxygen atoms in total. The quantitative estimate of drug-likeness (QED) is 0.906. The molecule has 0 radical (unpaired) electrons. The molecule has 0 unspecified atom stereocenters. The molecule has 0 spiro atoms. The van der Waals surface area contributed by atoms with Crippen molar-refractivity contribution < 1.29 is 4.79 Å². The third-order valence-electron chi connectivity index (χ3n) is 4.23. The van der Waals surface area contributed by atoms with Crippen molar-refractivity contribution in [2.24, 2.45) is 7.05 Å². The van der Waals surface area contributed by atoms with E-state index in [1.807, 2.05) is 17.8 Å². The lowest BCUT2D eigenvalue weighted by atomic mass is 10.1.